The topological polar surface area (TPSA) is 231 Å². The fourth-order valence-corrected chi connectivity index (χ4v) is 13.2. The zero-order valence-corrected chi connectivity index (χ0v) is 72.8. The Morgan fingerprint density at radius 3 is 0.743 bits per heavy atom. The Bertz CT molecular complexity index is 2730. The van der Waals surface area contributed by atoms with Crippen molar-refractivity contribution in [2.45, 2.75) is 373 Å². The summed E-state index contributed by atoms with van der Waals surface area (Å²) in [5.41, 5.74) is 0. The summed E-state index contributed by atoms with van der Waals surface area (Å²) in [6.45, 7) is 2.49. The third kappa shape index (κ3) is 87.6. The molecule has 16 nitrogen and oxygen atoms in total. The van der Waals surface area contributed by atoms with E-state index in [1.165, 1.54) is 122 Å². The van der Waals surface area contributed by atoms with Gasteiger partial charge in [-0.1, -0.05) is 345 Å². The number of phosphoric ester groups is 2. The second kappa shape index (κ2) is 86.3. The molecule has 0 rings (SSSR count). The van der Waals surface area contributed by atoms with Gasteiger partial charge in [-0.3, -0.25) is 32.5 Å². The highest BCUT2D eigenvalue weighted by Gasteiger charge is 2.29. The van der Waals surface area contributed by atoms with Crippen LogP contribution in [0.4, 0.5) is 0 Å². The summed E-state index contributed by atoms with van der Waals surface area (Å²) in [4.78, 5) is 58.9. The molecule has 0 saturated carbocycles. The number of rotatable bonds is 83. The standard InChI is InChI=1S/C95H160O16P2/c1-4-7-10-13-16-19-22-25-28-31-34-37-39-41-42-43-44-45-46-48-50-52-54-57-60-63-66-69-72-75-78-81-93(98)105-84-90(96)85-107-112(101,102)108-86-91(97)87-109-113(103,104)110-89-92(111-95(100)83-80-77-74-71-68-65-62-59-56-51-36-33-30-27-24-21-18-15-12-9-6-3)88-106-94(99)82-79-76-73-70-67-64-61-58-55-53-49-47-40-38-35-32-29-26-23-20-17-14-11-8-5-2/h8,11,16-21,25-30,34-38,41-42,47,49,51,55,58-59,62,90-92,96-97H,4-7,9-10,12-15,22-24,31-33,39-40,43-46,48,50,52-54,56-57,60-61,63-89H2,1-3H3,(H,101,102)(H,103,104)/b11-8-,19-16-,20-17-,21-18-,28-25-,29-26-,30-27-,37-34-,38-35-,42-41-,49-47-,51-36-,58-55-,62-59-. The molecular weight excluding hydrogens is 1460 g/mol. The molecule has 0 radical (unpaired) electrons. The van der Waals surface area contributed by atoms with E-state index in [0.717, 1.165) is 173 Å². The van der Waals surface area contributed by atoms with Crippen molar-refractivity contribution in [1.29, 1.82) is 0 Å². The number of carbonyl (C=O) groups excluding carboxylic acids is 3. The van der Waals surface area contributed by atoms with Crippen LogP contribution in [0.1, 0.15) is 355 Å². The highest BCUT2D eigenvalue weighted by atomic mass is 31.2. The van der Waals surface area contributed by atoms with E-state index >= 15 is 0 Å². The number of aliphatic hydroxyl groups excluding tert-OH is 2. The first kappa shape index (κ1) is 108. The minimum absolute atomic E-state index is 0.0742. The van der Waals surface area contributed by atoms with Crippen LogP contribution in [0.15, 0.2) is 170 Å². The third-order valence-electron chi connectivity index (χ3n) is 18.4. The number of ether oxygens (including phenoxy) is 3. The van der Waals surface area contributed by atoms with E-state index in [9.17, 15) is 43.5 Å². The maximum absolute atomic E-state index is 13.0. The van der Waals surface area contributed by atoms with Crippen molar-refractivity contribution < 1.29 is 75.8 Å². The molecule has 5 unspecified atom stereocenters. The van der Waals surface area contributed by atoms with Gasteiger partial charge in [-0.25, -0.2) is 9.13 Å². The summed E-state index contributed by atoms with van der Waals surface area (Å²) in [6, 6.07) is 0. The van der Waals surface area contributed by atoms with E-state index in [1.54, 1.807) is 0 Å². The molecule has 0 heterocycles. The molecule has 0 aromatic heterocycles. The first-order chi connectivity index (χ1) is 55.2. The van der Waals surface area contributed by atoms with Crippen LogP contribution in [0.5, 0.6) is 0 Å². The molecule has 0 fully saturated rings. The van der Waals surface area contributed by atoms with Crippen molar-refractivity contribution in [2.24, 2.45) is 0 Å². The minimum atomic E-state index is -4.95. The molecule has 4 N–H and O–H groups in total. The smallest absolute Gasteiger partial charge is 0.463 e. The van der Waals surface area contributed by atoms with Crippen LogP contribution in [0.25, 0.3) is 0 Å². The first-order valence-corrected chi connectivity index (χ1v) is 47.4. The van der Waals surface area contributed by atoms with E-state index in [0.29, 0.717) is 19.3 Å². The number of hydrogen-bond donors (Lipinski definition) is 4. The zero-order valence-electron chi connectivity index (χ0n) is 71.0. The number of carbonyl (C=O) groups is 3. The van der Waals surface area contributed by atoms with Crippen LogP contribution in [0.2, 0.25) is 0 Å². The Labute approximate surface area is 688 Å². The van der Waals surface area contributed by atoms with Crippen molar-refractivity contribution in [3.63, 3.8) is 0 Å². The average Bonchev–Trinajstić information content (AvgIpc) is 0.899. The number of aliphatic hydroxyl groups is 2. The number of esters is 3. The Kier molecular flexibility index (Phi) is 82.4. The molecule has 18 heteroatoms. The van der Waals surface area contributed by atoms with E-state index in [4.69, 9.17) is 32.3 Å². The summed E-state index contributed by atoms with van der Waals surface area (Å²) in [6.07, 6.45) is 111. The Morgan fingerprint density at radius 2 is 0.469 bits per heavy atom. The second-order valence-electron chi connectivity index (χ2n) is 29.3. The molecule has 113 heavy (non-hydrogen) atoms. The molecule has 646 valence electrons. The maximum Gasteiger partial charge on any atom is 0.472 e. The monoisotopic (exact) mass is 1620 g/mol. The van der Waals surface area contributed by atoms with Crippen LogP contribution in [-0.2, 0) is 55.8 Å². The lowest BCUT2D eigenvalue weighted by molar-refractivity contribution is -0.161. The number of unbranched alkanes of at least 4 members (excludes halogenated alkanes) is 32. The van der Waals surface area contributed by atoms with Gasteiger partial charge < -0.3 is 34.2 Å². The van der Waals surface area contributed by atoms with Gasteiger partial charge in [0.1, 0.15) is 25.4 Å². The predicted octanol–water partition coefficient (Wildman–Crippen LogP) is 27.1. The molecule has 0 bridgehead atoms. The van der Waals surface area contributed by atoms with Crippen molar-refractivity contribution in [3.05, 3.63) is 170 Å². The maximum atomic E-state index is 13.0. The molecule has 0 aliphatic heterocycles. The lowest BCUT2D eigenvalue weighted by Crippen LogP contribution is -2.30. The minimum Gasteiger partial charge on any atom is -0.463 e. The number of hydrogen-bond acceptors (Lipinski definition) is 14. The van der Waals surface area contributed by atoms with Gasteiger partial charge in [-0.05, 0) is 161 Å². The largest absolute Gasteiger partial charge is 0.472 e. The zero-order chi connectivity index (χ0) is 82.2. The van der Waals surface area contributed by atoms with Gasteiger partial charge in [0, 0.05) is 19.3 Å². The number of allylic oxidation sites excluding steroid dienone is 28. The second-order valence-corrected chi connectivity index (χ2v) is 32.2. The van der Waals surface area contributed by atoms with Crippen LogP contribution < -0.4 is 0 Å². The van der Waals surface area contributed by atoms with E-state index in [1.807, 2.05) is 0 Å². The van der Waals surface area contributed by atoms with Crippen molar-refractivity contribution in [1.82, 2.24) is 0 Å². The van der Waals surface area contributed by atoms with Crippen molar-refractivity contribution >= 4 is 33.6 Å². The molecule has 0 amide bonds. The molecule has 0 spiro atoms. The Hall–Kier alpha value is -5.09. The highest BCUT2D eigenvalue weighted by molar-refractivity contribution is 7.47. The highest BCUT2D eigenvalue weighted by Crippen LogP contribution is 2.45. The summed E-state index contributed by atoms with van der Waals surface area (Å²) in [5, 5.41) is 20.7. The third-order valence-corrected chi connectivity index (χ3v) is 20.3. The van der Waals surface area contributed by atoms with Gasteiger partial charge in [0.05, 0.1) is 26.4 Å². The van der Waals surface area contributed by atoms with Gasteiger partial charge in [0.2, 0.25) is 0 Å². The SMILES string of the molecule is CC/C=C\C/C=C\C/C=C\C/C=C\C/C=C\C/C=C\CCCCCCCCC(=O)OCC(COP(=O)(O)OCC(O)COP(=O)(O)OCC(O)COC(=O)CCCCCCCCCCCCCCCCC/C=C\C/C=C\C/C=C\C/C=C\CCCCC)OC(=O)CCCCCCC/C=C\C/C=C\C/C=C\C/C=C\CCCCC. The van der Waals surface area contributed by atoms with Crippen molar-refractivity contribution in [3.8, 4) is 0 Å². The van der Waals surface area contributed by atoms with E-state index < -0.39 is 91.5 Å². The molecule has 0 aromatic rings. The van der Waals surface area contributed by atoms with Gasteiger partial charge in [0.25, 0.3) is 0 Å². The fraction of sp³-hybridized carbons (Fsp3) is 0.674. The Balaban J connectivity index is 4.63. The quantitative estimate of drug-likeness (QED) is 0.0146. The molecule has 0 saturated heterocycles. The first-order valence-electron chi connectivity index (χ1n) is 44.4. The van der Waals surface area contributed by atoms with Crippen LogP contribution in [-0.4, -0.2) is 95.9 Å². The lowest BCUT2D eigenvalue weighted by atomic mass is 10.0. The Morgan fingerprint density at radius 1 is 0.257 bits per heavy atom. The molecule has 0 aliphatic carbocycles. The van der Waals surface area contributed by atoms with E-state index in [2.05, 4.69) is 191 Å². The van der Waals surface area contributed by atoms with Crippen LogP contribution in [0.3, 0.4) is 0 Å². The average molecular weight is 1620 g/mol. The van der Waals surface area contributed by atoms with Gasteiger partial charge >= 0.3 is 33.6 Å². The van der Waals surface area contributed by atoms with Crippen molar-refractivity contribution in [2.75, 3.05) is 39.6 Å². The van der Waals surface area contributed by atoms with E-state index in [-0.39, 0.29) is 19.3 Å². The summed E-state index contributed by atoms with van der Waals surface area (Å²) in [7, 11) is -9.82. The molecular formula is C95H160O16P2. The van der Waals surface area contributed by atoms with Gasteiger partial charge in [-0.2, -0.15) is 0 Å². The van der Waals surface area contributed by atoms with Crippen LogP contribution >= 0.6 is 15.6 Å². The van der Waals surface area contributed by atoms with Gasteiger partial charge in [-0.15, -0.1) is 0 Å². The summed E-state index contributed by atoms with van der Waals surface area (Å²) >= 11 is 0. The molecule has 5 atom stereocenters. The van der Waals surface area contributed by atoms with Gasteiger partial charge in [0.15, 0.2) is 6.10 Å². The lowest BCUT2D eigenvalue weighted by Gasteiger charge is -2.21. The fourth-order valence-electron chi connectivity index (χ4n) is 11.7. The number of phosphoric acid groups is 2. The van der Waals surface area contributed by atoms with Crippen LogP contribution in [0, 0.1) is 0 Å². The summed E-state index contributed by atoms with van der Waals surface area (Å²) < 4.78 is 61.4. The normalized spacial score (nSPS) is 14.6. The molecule has 0 aromatic carbocycles. The molecule has 0 aliphatic rings. The predicted molar refractivity (Wildman–Crippen MR) is 472 cm³/mol. The summed E-state index contributed by atoms with van der Waals surface area (Å²) in [5.74, 6) is -1.61.